The van der Waals surface area contributed by atoms with E-state index in [9.17, 15) is 9.59 Å². The quantitative estimate of drug-likeness (QED) is 0.315. The molecule has 1 fully saturated rings. The van der Waals surface area contributed by atoms with Crippen LogP contribution < -0.4 is 10.2 Å². The Kier molecular flexibility index (Phi) is 7.85. The molecule has 0 bridgehead atoms. The van der Waals surface area contributed by atoms with Crippen LogP contribution in [0.1, 0.15) is 62.5 Å². The van der Waals surface area contributed by atoms with Crippen LogP contribution in [-0.4, -0.2) is 16.8 Å². The number of hydrogen-bond donors (Lipinski definition) is 1. The highest BCUT2D eigenvalue weighted by Gasteiger charge is 2.23. The first-order valence-corrected chi connectivity index (χ1v) is 12.6. The first-order valence-electron chi connectivity index (χ1n) is 12.6. The molecule has 0 radical (unpaired) electrons. The highest BCUT2D eigenvalue weighted by Crippen LogP contribution is 2.39. The molecule has 184 valence electrons. The van der Waals surface area contributed by atoms with Crippen molar-refractivity contribution in [1.82, 2.24) is 4.98 Å². The van der Waals surface area contributed by atoms with Gasteiger partial charge < -0.3 is 5.32 Å². The summed E-state index contributed by atoms with van der Waals surface area (Å²) in [4.78, 5) is 31.2. The molecule has 1 heterocycles. The average molecular weight is 480 g/mol. The summed E-state index contributed by atoms with van der Waals surface area (Å²) in [7, 11) is 0. The number of fused-ring (bicyclic) bond motifs is 1. The van der Waals surface area contributed by atoms with Gasteiger partial charge in [-0.15, -0.1) is 6.42 Å². The molecule has 2 amide bonds. The number of anilines is 3. The van der Waals surface area contributed by atoms with E-state index in [2.05, 4.69) is 41.9 Å². The molecule has 4 rings (SSSR count). The van der Waals surface area contributed by atoms with Gasteiger partial charge in [0.25, 0.3) is 0 Å². The number of rotatable bonds is 5. The van der Waals surface area contributed by atoms with Crippen molar-refractivity contribution in [3.63, 3.8) is 0 Å². The molecule has 1 aliphatic rings. The Morgan fingerprint density at radius 2 is 1.89 bits per heavy atom. The Bertz CT molecular complexity index is 1330. The summed E-state index contributed by atoms with van der Waals surface area (Å²) in [6.07, 6.45) is 16.0. The summed E-state index contributed by atoms with van der Waals surface area (Å²) >= 11 is 0. The number of amides is 2. The minimum Gasteiger partial charge on any atom is -0.322 e. The molecule has 5 heteroatoms. The molecule has 1 aliphatic carbocycles. The summed E-state index contributed by atoms with van der Waals surface area (Å²) in [5.74, 6) is 2.77. The average Bonchev–Trinajstić information content (AvgIpc) is 2.87. The lowest BCUT2D eigenvalue weighted by atomic mass is 9.82. The number of benzene rings is 2. The van der Waals surface area contributed by atoms with Crippen molar-refractivity contribution in [2.24, 2.45) is 5.92 Å². The van der Waals surface area contributed by atoms with Crippen LogP contribution in [0.15, 0.2) is 61.3 Å². The third-order valence-electron chi connectivity index (χ3n) is 7.12. The predicted molar refractivity (Wildman–Crippen MR) is 147 cm³/mol. The lowest BCUT2D eigenvalue weighted by molar-refractivity contribution is -0.113. The van der Waals surface area contributed by atoms with Crippen LogP contribution in [0.25, 0.3) is 10.9 Å². The standard InChI is InChI=1S/C31H33N3O2/c1-5-29(35)33-25-14-9-15-26(19-25)34(30(36)6-2)31-22(4)20-32-28-17-16-24(18-27(28)31)23-12-7-10-21(3)11-8-13-23/h2,5,9,14-21,23H,1,7-8,10-13H2,3-4H3,(H,33,35). The van der Waals surface area contributed by atoms with E-state index in [4.69, 9.17) is 6.42 Å². The summed E-state index contributed by atoms with van der Waals surface area (Å²) in [5.41, 5.74) is 4.77. The smallest absolute Gasteiger partial charge is 0.307 e. The van der Waals surface area contributed by atoms with Crippen molar-refractivity contribution >= 4 is 39.8 Å². The van der Waals surface area contributed by atoms with Gasteiger partial charge in [-0.3, -0.25) is 19.5 Å². The summed E-state index contributed by atoms with van der Waals surface area (Å²) < 4.78 is 0. The first-order chi connectivity index (χ1) is 17.4. The summed E-state index contributed by atoms with van der Waals surface area (Å²) in [6, 6.07) is 13.5. The monoisotopic (exact) mass is 479 g/mol. The molecule has 0 saturated heterocycles. The van der Waals surface area contributed by atoms with E-state index in [0.717, 1.165) is 28.1 Å². The highest BCUT2D eigenvalue weighted by molar-refractivity contribution is 6.15. The molecule has 0 unspecified atom stereocenters. The van der Waals surface area contributed by atoms with Gasteiger partial charge in [0.2, 0.25) is 5.91 Å². The van der Waals surface area contributed by atoms with Crippen molar-refractivity contribution in [2.75, 3.05) is 10.2 Å². The maximum atomic E-state index is 13.2. The van der Waals surface area contributed by atoms with Crippen LogP contribution >= 0.6 is 0 Å². The molecule has 0 aliphatic heterocycles. The SMILES string of the molecule is C#CC(=O)N(c1cccc(NC(=O)C=C)c1)c1c(C)cnc2ccc(C3CCCC(C)CCC3)cc12. The summed E-state index contributed by atoms with van der Waals surface area (Å²) in [5, 5.41) is 3.65. The Morgan fingerprint density at radius 3 is 2.58 bits per heavy atom. The molecule has 2 aromatic carbocycles. The molecule has 0 atom stereocenters. The van der Waals surface area contributed by atoms with Crippen molar-refractivity contribution in [1.29, 1.82) is 0 Å². The van der Waals surface area contributed by atoms with E-state index in [-0.39, 0.29) is 5.91 Å². The molecular formula is C31H33N3O2. The lowest BCUT2D eigenvalue weighted by Crippen LogP contribution is -2.25. The van der Waals surface area contributed by atoms with Crippen LogP contribution in [0.3, 0.4) is 0 Å². The highest BCUT2D eigenvalue weighted by atomic mass is 16.2. The Balaban J connectivity index is 1.82. The number of nitrogens with zero attached hydrogens (tertiary/aromatic N) is 2. The van der Waals surface area contributed by atoms with Crippen LogP contribution in [0.4, 0.5) is 17.1 Å². The van der Waals surface area contributed by atoms with Gasteiger partial charge >= 0.3 is 5.91 Å². The van der Waals surface area contributed by atoms with Crippen molar-refractivity contribution in [2.45, 2.75) is 58.3 Å². The van der Waals surface area contributed by atoms with Crippen LogP contribution in [0, 0.1) is 25.2 Å². The fourth-order valence-electron chi connectivity index (χ4n) is 5.22. The number of pyridine rings is 1. The molecule has 36 heavy (non-hydrogen) atoms. The minimum atomic E-state index is -0.483. The zero-order valence-corrected chi connectivity index (χ0v) is 21.1. The second kappa shape index (κ2) is 11.2. The largest absolute Gasteiger partial charge is 0.322 e. The minimum absolute atomic E-state index is 0.328. The van der Waals surface area contributed by atoms with Gasteiger partial charge in [0.05, 0.1) is 16.9 Å². The van der Waals surface area contributed by atoms with Crippen LogP contribution in [-0.2, 0) is 9.59 Å². The number of carbonyl (C=O) groups excluding carboxylic acids is 2. The first kappa shape index (κ1) is 25.2. The second-order valence-electron chi connectivity index (χ2n) is 9.76. The van der Waals surface area contributed by atoms with Gasteiger partial charge in [0.1, 0.15) is 0 Å². The van der Waals surface area contributed by atoms with E-state index in [1.807, 2.05) is 19.1 Å². The maximum absolute atomic E-state index is 13.2. The molecule has 1 aromatic heterocycles. The number of aromatic nitrogens is 1. The number of terminal acetylenes is 1. The number of carbonyl (C=O) groups is 2. The van der Waals surface area contributed by atoms with Crippen molar-refractivity contribution in [3.05, 3.63) is 72.4 Å². The molecule has 3 aromatic rings. The number of aryl methyl sites for hydroxylation is 1. The second-order valence-corrected chi connectivity index (χ2v) is 9.76. The van der Waals surface area contributed by atoms with Gasteiger partial charge in [-0.2, -0.15) is 0 Å². The fraction of sp³-hybridized carbons (Fsp3) is 0.323. The predicted octanol–water partition coefficient (Wildman–Crippen LogP) is 7.04. The van der Waals surface area contributed by atoms with Gasteiger partial charge in [-0.25, -0.2) is 0 Å². The maximum Gasteiger partial charge on any atom is 0.307 e. The Morgan fingerprint density at radius 1 is 1.14 bits per heavy atom. The van der Waals surface area contributed by atoms with Crippen LogP contribution in [0.5, 0.6) is 0 Å². The van der Waals surface area contributed by atoms with Crippen molar-refractivity contribution < 1.29 is 9.59 Å². The Labute approximate surface area is 213 Å². The van der Waals surface area contributed by atoms with Crippen molar-refractivity contribution in [3.8, 4) is 12.3 Å². The van der Waals surface area contributed by atoms with E-state index < -0.39 is 5.91 Å². The molecule has 1 saturated carbocycles. The lowest BCUT2D eigenvalue weighted by Gasteiger charge is -2.26. The van der Waals surface area contributed by atoms with Gasteiger partial charge in [0, 0.05) is 17.3 Å². The summed E-state index contributed by atoms with van der Waals surface area (Å²) in [6.45, 7) is 7.79. The zero-order chi connectivity index (χ0) is 25.7. The molecule has 5 nitrogen and oxygen atoms in total. The van der Waals surface area contributed by atoms with Crippen LogP contribution in [0.2, 0.25) is 0 Å². The van der Waals surface area contributed by atoms with E-state index in [0.29, 0.717) is 17.3 Å². The third-order valence-corrected chi connectivity index (χ3v) is 7.12. The molecule has 0 spiro atoms. The number of nitrogens with one attached hydrogen (secondary N) is 1. The fourth-order valence-corrected chi connectivity index (χ4v) is 5.22. The number of hydrogen-bond acceptors (Lipinski definition) is 3. The van der Waals surface area contributed by atoms with E-state index in [1.54, 1.807) is 29.3 Å². The Hall–Kier alpha value is -3.91. The van der Waals surface area contributed by atoms with Gasteiger partial charge in [0.15, 0.2) is 0 Å². The van der Waals surface area contributed by atoms with Gasteiger partial charge in [-0.1, -0.05) is 51.3 Å². The van der Waals surface area contributed by atoms with Gasteiger partial charge in [-0.05, 0) is 85.1 Å². The van der Waals surface area contributed by atoms with E-state index in [1.165, 1.54) is 50.2 Å². The van der Waals surface area contributed by atoms with E-state index >= 15 is 0 Å². The topological polar surface area (TPSA) is 62.3 Å². The molecule has 1 N–H and O–H groups in total. The third kappa shape index (κ3) is 5.49. The normalized spacial score (nSPS) is 17.9. The molecular weight excluding hydrogens is 446 g/mol. The zero-order valence-electron chi connectivity index (χ0n) is 21.1.